The molecule has 0 bridgehead atoms. The van der Waals surface area contributed by atoms with Crippen molar-refractivity contribution in [3.05, 3.63) is 34.4 Å². The average molecular weight is 328 g/mol. The molecule has 2 N–H and O–H groups in total. The molecule has 1 saturated heterocycles. The van der Waals surface area contributed by atoms with E-state index in [4.69, 9.17) is 0 Å². The number of piperidine rings is 1. The van der Waals surface area contributed by atoms with Gasteiger partial charge in [0.25, 0.3) is 5.69 Å². The van der Waals surface area contributed by atoms with Crippen LogP contribution in [0.25, 0.3) is 0 Å². The van der Waals surface area contributed by atoms with E-state index >= 15 is 0 Å². The summed E-state index contributed by atoms with van der Waals surface area (Å²) in [4.78, 5) is 22.3. The molecule has 1 unspecified atom stereocenters. The summed E-state index contributed by atoms with van der Waals surface area (Å²) in [6, 6.07) is 6.03. The molecule has 1 aliphatic rings. The molecule has 1 amide bonds. The minimum Gasteiger partial charge on any atom is -0.326 e. The Morgan fingerprint density at radius 3 is 2.77 bits per heavy atom. The Hall–Kier alpha value is -1.66. The molecule has 0 radical (unpaired) electrons. The van der Waals surface area contributed by atoms with Crippen molar-refractivity contribution in [1.29, 1.82) is 0 Å². The molecule has 1 heterocycles. The molecule has 6 nitrogen and oxygen atoms in total. The largest absolute Gasteiger partial charge is 0.326 e. The summed E-state index contributed by atoms with van der Waals surface area (Å²) in [6.07, 6.45) is 2.66. The van der Waals surface area contributed by atoms with E-state index in [1.807, 2.05) is 0 Å². The lowest BCUT2D eigenvalue weighted by molar-refractivity contribution is -0.384. The van der Waals surface area contributed by atoms with E-state index in [-0.39, 0.29) is 24.0 Å². The maximum absolute atomic E-state index is 12.1. The average Bonchev–Trinajstić information content (AvgIpc) is 2.48. The molecule has 1 aromatic carbocycles. The van der Waals surface area contributed by atoms with Crippen LogP contribution in [0.2, 0.25) is 0 Å². The van der Waals surface area contributed by atoms with Crippen LogP contribution in [0.1, 0.15) is 26.2 Å². The fourth-order valence-corrected chi connectivity index (χ4v) is 2.78. The van der Waals surface area contributed by atoms with Gasteiger partial charge in [-0.25, -0.2) is 0 Å². The van der Waals surface area contributed by atoms with Crippen LogP contribution in [0.5, 0.6) is 0 Å². The first-order valence-electron chi connectivity index (χ1n) is 7.31. The molecule has 0 aliphatic carbocycles. The zero-order chi connectivity index (χ0) is 15.2. The number of hydrogen-bond donors (Lipinski definition) is 2. The van der Waals surface area contributed by atoms with Gasteiger partial charge in [0.2, 0.25) is 5.91 Å². The first-order chi connectivity index (χ1) is 10.1. The van der Waals surface area contributed by atoms with Gasteiger partial charge in [0.1, 0.15) is 0 Å². The summed E-state index contributed by atoms with van der Waals surface area (Å²) in [5.74, 6) is 0.814. The summed E-state index contributed by atoms with van der Waals surface area (Å²) < 4.78 is 0. The van der Waals surface area contributed by atoms with Gasteiger partial charge >= 0.3 is 0 Å². The lowest BCUT2D eigenvalue weighted by Gasteiger charge is -2.27. The second kappa shape index (κ2) is 8.70. The molecule has 1 atom stereocenters. The zero-order valence-electron chi connectivity index (χ0n) is 12.6. The summed E-state index contributed by atoms with van der Waals surface area (Å²) in [6.45, 7) is 4.13. The molecule has 0 spiro atoms. The van der Waals surface area contributed by atoms with Crippen LogP contribution in [0.4, 0.5) is 11.4 Å². The highest BCUT2D eigenvalue weighted by Gasteiger charge is 2.22. The van der Waals surface area contributed by atoms with Gasteiger partial charge in [0, 0.05) is 24.2 Å². The van der Waals surface area contributed by atoms with Crippen LogP contribution in [0.15, 0.2) is 24.3 Å². The second-order valence-electron chi connectivity index (χ2n) is 5.62. The Labute approximate surface area is 136 Å². The quantitative estimate of drug-likeness (QED) is 0.643. The number of non-ortho nitro benzene ring substituents is 1. The number of rotatable bonds is 5. The second-order valence-corrected chi connectivity index (χ2v) is 5.62. The van der Waals surface area contributed by atoms with Crippen molar-refractivity contribution < 1.29 is 9.72 Å². The van der Waals surface area contributed by atoms with Gasteiger partial charge in [0.15, 0.2) is 0 Å². The summed E-state index contributed by atoms with van der Waals surface area (Å²) >= 11 is 0. The molecule has 1 aromatic rings. The van der Waals surface area contributed by atoms with Gasteiger partial charge < -0.3 is 10.6 Å². The molecule has 1 fully saturated rings. The first-order valence-corrected chi connectivity index (χ1v) is 7.31. The normalized spacial score (nSPS) is 16.4. The molecule has 1 aliphatic heterocycles. The fourth-order valence-electron chi connectivity index (χ4n) is 2.78. The standard InChI is InChI=1S/C15H21N3O3.ClH/c1-11(12-5-7-16-8-6-12)9-15(19)17-13-3-2-4-14(10-13)18(20)21;/h2-4,10-12,16H,5-9H2,1H3,(H,17,19);1H. The van der Waals surface area contributed by atoms with Crippen LogP contribution in [-0.2, 0) is 4.79 Å². The van der Waals surface area contributed by atoms with E-state index in [2.05, 4.69) is 17.6 Å². The minimum atomic E-state index is -0.465. The van der Waals surface area contributed by atoms with E-state index in [1.54, 1.807) is 12.1 Å². The maximum atomic E-state index is 12.1. The molecule has 2 rings (SSSR count). The van der Waals surface area contributed by atoms with Gasteiger partial charge in [-0.15, -0.1) is 12.4 Å². The molecule has 0 saturated carbocycles. The Kier molecular flexibility index (Phi) is 7.27. The Balaban J connectivity index is 0.00000242. The lowest BCUT2D eigenvalue weighted by Crippen LogP contribution is -2.32. The third kappa shape index (κ3) is 5.27. The van der Waals surface area contributed by atoms with Crippen LogP contribution in [-0.4, -0.2) is 23.9 Å². The van der Waals surface area contributed by atoms with Crippen molar-refractivity contribution in [2.45, 2.75) is 26.2 Å². The van der Waals surface area contributed by atoms with E-state index in [1.165, 1.54) is 12.1 Å². The van der Waals surface area contributed by atoms with E-state index in [9.17, 15) is 14.9 Å². The van der Waals surface area contributed by atoms with E-state index in [0.29, 0.717) is 23.9 Å². The third-order valence-corrected chi connectivity index (χ3v) is 4.04. The number of hydrogen-bond acceptors (Lipinski definition) is 4. The summed E-state index contributed by atoms with van der Waals surface area (Å²) in [5.41, 5.74) is 0.464. The monoisotopic (exact) mass is 327 g/mol. The van der Waals surface area contributed by atoms with Gasteiger partial charge in [-0.1, -0.05) is 13.0 Å². The Morgan fingerprint density at radius 2 is 2.14 bits per heavy atom. The molecular formula is C15H22ClN3O3. The number of halogens is 1. The van der Waals surface area contributed by atoms with Crippen LogP contribution < -0.4 is 10.6 Å². The van der Waals surface area contributed by atoms with Gasteiger partial charge in [-0.2, -0.15) is 0 Å². The number of nitro groups is 1. The number of nitrogens with one attached hydrogen (secondary N) is 2. The molecular weight excluding hydrogens is 306 g/mol. The van der Waals surface area contributed by atoms with Crippen molar-refractivity contribution >= 4 is 29.7 Å². The number of anilines is 1. The van der Waals surface area contributed by atoms with Crippen LogP contribution in [0.3, 0.4) is 0 Å². The van der Waals surface area contributed by atoms with E-state index < -0.39 is 4.92 Å². The van der Waals surface area contributed by atoms with Crippen molar-refractivity contribution in [2.75, 3.05) is 18.4 Å². The van der Waals surface area contributed by atoms with Crippen molar-refractivity contribution in [1.82, 2.24) is 5.32 Å². The maximum Gasteiger partial charge on any atom is 0.271 e. The minimum absolute atomic E-state index is 0. The fraction of sp³-hybridized carbons (Fsp3) is 0.533. The third-order valence-electron chi connectivity index (χ3n) is 4.04. The highest BCUT2D eigenvalue weighted by Crippen LogP contribution is 2.25. The van der Waals surface area contributed by atoms with Gasteiger partial charge in [-0.05, 0) is 43.8 Å². The molecule has 22 heavy (non-hydrogen) atoms. The number of nitrogens with zero attached hydrogens (tertiary/aromatic N) is 1. The topological polar surface area (TPSA) is 84.3 Å². The molecule has 0 aromatic heterocycles. The first kappa shape index (κ1) is 18.4. The zero-order valence-corrected chi connectivity index (χ0v) is 13.4. The molecule has 7 heteroatoms. The van der Waals surface area contributed by atoms with Gasteiger partial charge in [-0.3, -0.25) is 14.9 Å². The smallest absolute Gasteiger partial charge is 0.271 e. The highest BCUT2D eigenvalue weighted by atomic mass is 35.5. The summed E-state index contributed by atoms with van der Waals surface area (Å²) in [7, 11) is 0. The summed E-state index contributed by atoms with van der Waals surface area (Å²) in [5, 5.41) is 16.8. The van der Waals surface area contributed by atoms with E-state index in [0.717, 1.165) is 25.9 Å². The van der Waals surface area contributed by atoms with Crippen molar-refractivity contribution in [2.24, 2.45) is 11.8 Å². The number of benzene rings is 1. The number of carbonyl (C=O) groups is 1. The number of amides is 1. The lowest BCUT2D eigenvalue weighted by atomic mass is 9.84. The van der Waals surface area contributed by atoms with Gasteiger partial charge in [0.05, 0.1) is 4.92 Å². The Morgan fingerprint density at radius 1 is 1.45 bits per heavy atom. The van der Waals surface area contributed by atoms with Crippen LogP contribution in [0, 0.1) is 22.0 Å². The number of nitro benzene ring substituents is 1. The predicted molar refractivity (Wildman–Crippen MR) is 88.3 cm³/mol. The number of carbonyl (C=O) groups excluding carboxylic acids is 1. The molecule has 122 valence electrons. The predicted octanol–water partition coefficient (Wildman–Crippen LogP) is 2.98. The van der Waals surface area contributed by atoms with Crippen molar-refractivity contribution in [3.63, 3.8) is 0 Å². The highest BCUT2D eigenvalue weighted by molar-refractivity contribution is 5.91. The Bertz CT molecular complexity index is 519. The SMILES string of the molecule is CC(CC(=O)Nc1cccc([N+](=O)[O-])c1)C1CCNCC1.Cl. The van der Waals surface area contributed by atoms with Crippen molar-refractivity contribution in [3.8, 4) is 0 Å². The van der Waals surface area contributed by atoms with Crippen LogP contribution >= 0.6 is 12.4 Å².